The molecule has 8 nitrogen and oxygen atoms in total. The van der Waals surface area contributed by atoms with Crippen LogP contribution in [-0.2, 0) is 11.3 Å². The Morgan fingerprint density at radius 3 is 2.74 bits per heavy atom. The zero-order valence-electron chi connectivity index (χ0n) is 12.3. The number of furan rings is 1. The van der Waals surface area contributed by atoms with E-state index in [1.165, 1.54) is 6.33 Å². The lowest BCUT2D eigenvalue weighted by Crippen LogP contribution is -2.23. The van der Waals surface area contributed by atoms with Gasteiger partial charge in [-0.1, -0.05) is 0 Å². The van der Waals surface area contributed by atoms with Crippen LogP contribution in [0, 0.1) is 0 Å². The van der Waals surface area contributed by atoms with Gasteiger partial charge in [0.15, 0.2) is 0 Å². The lowest BCUT2D eigenvalue weighted by atomic mass is 10.3. The number of benzene rings is 1. The van der Waals surface area contributed by atoms with Crippen LogP contribution in [-0.4, -0.2) is 44.6 Å². The van der Waals surface area contributed by atoms with Crippen molar-refractivity contribution in [2.45, 2.75) is 12.7 Å². The smallest absolute Gasteiger partial charge is 0.143 e. The molecule has 3 rings (SSSR count). The molecule has 1 aromatic carbocycles. The van der Waals surface area contributed by atoms with Gasteiger partial charge in [0.2, 0.25) is 0 Å². The first-order chi connectivity index (χ1) is 11.3. The SMILES string of the molecule is OC(COCc1ccco1)COc1ccc(-n2cnnn2)cc1. The molecule has 23 heavy (non-hydrogen) atoms. The van der Waals surface area contributed by atoms with E-state index in [4.69, 9.17) is 13.9 Å². The molecule has 0 amide bonds. The van der Waals surface area contributed by atoms with Crippen molar-refractivity contribution >= 4 is 0 Å². The number of aromatic nitrogens is 4. The highest BCUT2D eigenvalue weighted by molar-refractivity contribution is 5.36. The topological polar surface area (TPSA) is 95.4 Å². The van der Waals surface area contributed by atoms with Crippen LogP contribution in [0.15, 0.2) is 53.4 Å². The molecule has 3 aromatic rings. The maximum absolute atomic E-state index is 9.83. The number of nitrogens with zero attached hydrogens (tertiary/aromatic N) is 4. The number of ether oxygens (including phenoxy) is 2. The molecule has 0 radical (unpaired) electrons. The Labute approximate surface area is 132 Å². The predicted octanol–water partition coefficient (Wildman–Crippen LogP) is 1.21. The Bertz CT molecular complexity index is 683. The minimum absolute atomic E-state index is 0.141. The average Bonchev–Trinajstić information content (AvgIpc) is 3.27. The summed E-state index contributed by atoms with van der Waals surface area (Å²) in [5, 5.41) is 20.8. The number of rotatable bonds is 8. The van der Waals surface area contributed by atoms with E-state index in [1.54, 1.807) is 29.1 Å². The Morgan fingerprint density at radius 1 is 1.17 bits per heavy atom. The third-order valence-corrected chi connectivity index (χ3v) is 3.03. The molecule has 1 unspecified atom stereocenters. The van der Waals surface area contributed by atoms with Gasteiger partial charge < -0.3 is 19.0 Å². The van der Waals surface area contributed by atoms with Crippen LogP contribution in [0.5, 0.6) is 5.75 Å². The number of hydrogen-bond donors (Lipinski definition) is 1. The van der Waals surface area contributed by atoms with Crippen LogP contribution < -0.4 is 4.74 Å². The largest absolute Gasteiger partial charge is 0.491 e. The van der Waals surface area contributed by atoms with Crippen LogP contribution in [0.1, 0.15) is 5.76 Å². The quantitative estimate of drug-likeness (QED) is 0.667. The summed E-state index contributed by atoms with van der Waals surface area (Å²) in [5.74, 6) is 1.36. The maximum atomic E-state index is 9.83. The van der Waals surface area contributed by atoms with Gasteiger partial charge in [-0.3, -0.25) is 0 Å². The molecule has 0 aliphatic carbocycles. The molecule has 0 saturated heterocycles. The molecule has 0 aliphatic rings. The minimum atomic E-state index is -0.718. The second-order valence-electron chi connectivity index (χ2n) is 4.81. The number of hydrogen-bond acceptors (Lipinski definition) is 7. The Hall–Kier alpha value is -2.71. The second kappa shape index (κ2) is 7.52. The van der Waals surface area contributed by atoms with Gasteiger partial charge in [0.25, 0.3) is 0 Å². The summed E-state index contributed by atoms with van der Waals surface area (Å²) in [6, 6.07) is 10.8. The molecule has 8 heteroatoms. The second-order valence-corrected chi connectivity index (χ2v) is 4.81. The lowest BCUT2D eigenvalue weighted by molar-refractivity contribution is 0.000879. The fourth-order valence-corrected chi connectivity index (χ4v) is 1.91. The molecular weight excluding hydrogens is 300 g/mol. The summed E-state index contributed by atoms with van der Waals surface area (Å²) >= 11 is 0. The fraction of sp³-hybridized carbons (Fsp3) is 0.267. The average molecular weight is 316 g/mol. The van der Waals surface area contributed by atoms with Crippen molar-refractivity contribution in [1.82, 2.24) is 20.2 Å². The highest BCUT2D eigenvalue weighted by atomic mass is 16.5. The van der Waals surface area contributed by atoms with Gasteiger partial charge in [0, 0.05) is 0 Å². The molecule has 0 aliphatic heterocycles. The maximum Gasteiger partial charge on any atom is 0.143 e. The van der Waals surface area contributed by atoms with Crippen LogP contribution >= 0.6 is 0 Å². The van der Waals surface area contributed by atoms with Crippen molar-refractivity contribution in [3.63, 3.8) is 0 Å². The van der Waals surface area contributed by atoms with E-state index >= 15 is 0 Å². The standard InChI is InChI=1S/C15H16N4O4/c20-13(8-21-10-15-2-1-7-22-15)9-23-14-5-3-12(4-6-14)19-11-16-17-18-19/h1-7,11,13,20H,8-10H2. The molecular formula is C15H16N4O4. The number of aliphatic hydroxyl groups excluding tert-OH is 1. The first-order valence-corrected chi connectivity index (χ1v) is 7.05. The van der Waals surface area contributed by atoms with Crippen molar-refractivity contribution in [1.29, 1.82) is 0 Å². The van der Waals surface area contributed by atoms with E-state index in [9.17, 15) is 5.11 Å². The van der Waals surface area contributed by atoms with E-state index in [0.717, 1.165) is 11.4 Å². The van der Waals surface area contributed by atoms with Gasteiger partial charge in [0.05, 0.1) is 18.6 Å². The summed E-state index contributed by atoms with van der Waals surface area (Å²) in [7, 11) is 0. The van der Waals surface area contributed by atoms with Crippen LogP contribution in [0.4, 0.5) is 0 Å². The van der Waals surface area contributed by atoms with E-state index in [-0.39, 0.29) is 13.2 Å². The van der Waals surface area contributed by atoms with E-state index in [0.29, 0.717) is 12.4 Å². The highest BCUT2D eigenvalue weighted by Crippen LogP contribution is 2.14. The molecule has 0 spiro atoms. The molecule has 2 heterocycles. The molecule has 0 fully saturated rings. The van der Waals surface area contributed by atoms with E-state index in [1.807, 2.05) is 18.2 Å². The van der Waals surface area contributed by atoms with Gasteiger partial charge in [-0.05, 0) is 46.8 Å². The Kier molecular flexibility index (Phi) is 4.97. The Balaban J connectivity index is 1.41. The van der Waals surface area contributed by atoms with Crippen LogP contribution in [0.25, 0.3) is 5.69 Å². The minimum Gasteiger partial charge on any atom is -0.491 e. The van der Waals surface area contributed by atoms with Gasteiger partial charge in [-0.2, -0.15) is 0 Å². The summed E-state index contributed by atoms with van der Waals surface area (Å²) in [6.07, 6.45) is 2.37. The number of tetrazole rings is 1. The van der Waals surface area contributed by atoms with Crippen molar-refractivity contribution in [3.05, 3.63) is 54.7 Å². The van der Waals surface area contributed by atoms with E-state index in [2.05, 4.69) is 15.5 Å². The van der Waals surface area contributed by atoms with Crippen molar-refractivity contribution < 1.29 is 19.0 Å². The van der Waals surface area contributed by atoms with Gasteiger partial charge in [-0.25, -0.2) is 4.68 Å². The van der Waals surface area contributed by atoms with Gasteiger partial charge in [-0.15, -0.1) is 5.10 Å². The predicted molar refractivity (Wildman–Crippen MR) is 79.0 cm³/mol. The van der Waals surface area contributed by atoms with Crippen molar-refractivity contribution in [3.8, 4) is 11.4 Å². The Morgan fingerprint density at radius 2 is 2.04 bits per heavy atom. The van der Waals surface area contributed by atoms with Gasteiger partial charge >= 0.3 is 0 Å². The third kappa shape index (κ3) is 4.38. The summed E-state index contributed by atoms with van der Waals surface area (Å²) in [6.45, 7) is 0.635. The van der Waals surface area contributed by atoms with Crippen LogP contribution in [0.3, 0.4) is 0 Å². The number of aliphatic hydroxyl groups is 1. The third-order valence-electron chi connectivity index (χ3n) is 3.03. The zero-order valence-corrected chi connectivity index (χ0v) is 12.3. The zero-order chi connectivity index (χ0) is 15.9. The summed E-state index contributed by atoms with van der Waals surface area (Å²) < 4.78 is 17.5. The van der Waals surface area contributed by atoms with Gasteiger partial charge in [0.1, 0.15) is 37.2 Å². The molecule has 2 aromatic heterocycles. The van der Waals surface area contributed by atoms with Crippen molar-refractivity contribution in [2.75, 3.05) is 13.2 Å². The fourth-order valence-electron chi connectivity index (χ4n) is 1.91. The first-order valence-electron chi connectivity index (χ1n) is 7.05. The summed E-state index contributed by atoms with van der Waals surface area (Å²) in [4.78, 5) is 0. The lowest BCUT2D eigenvalue weighted by Gasteiger charge is -2.12. The molecule has 0 bridgehead atoms. The van der Waals surface area contributed by atoms with Crippen LogP contribution in [0.2, 0.25) is 0 Å². The first kappa shape index (κ1) is 15.2. The molecule has 120 valence electrons. The van der Waals surface area contributed by atoms with E-state index < -0.39 is 6.10 Å². The monoisotopic (exact) mass is 316 g/mol. The summed E-state index contributed by atoms with van der Waals surface area (Å²) in [5.41, 5.74) is 0.824. The molecule has 1 atom stereocenters. The molecule has 0 saturated carbocycles. The van der Waals surface area contributed by atoms with Crippen molar-refractivity contribution in [2.24, 2.45) is 0 Å². The highest BCUT2D eigenvalue weighted by Gasteiger charge is 2.07. The molecule has 1 N–H and O–H groups in total. The normalized spacial score (nSPS) is 12.2.